The van der Waals surface area contributed by atoms with Crippen LogP contribution in [0, 0.1) is 0 Å². The van der Waals surface area contributed by atoms with Crippen LogP contribution >= 0.6 is 0 Å². The molecule has 2 aromatic rings. The molecule has 3 rings (SSSR count). The molecule has 0 aromatic carbocycles. The molecule has 17 heavy (non-hydrogen) atoms. The molecule has 3 heterocycles. The van der Waals surface area contributed by atoms with Gasteiger partial charge in [0, 0.05) is 0 Å². The summed E-state index contributed by atoms with van der Waals surface area (Å²) in [5.74, 6) is 1.50. The standard InChI is InChI=1S/C12H17N5/c13-10-5-4-6-12-14-11(15-17(10)12)9-16-7-2-1-3-8-16/h4-6H,1-3,7-9,13H2. The maximum absolute atomic E-state index is 5.85. The number of anilines is 1. The number of nitrogen functional groups attached to an aromatic ring is 1. The van der Waals surface area contributed by atoms with Gasteiger partial charge in [-0.2, -0.15) is 4.52 Å². The quantitative estimate of drug-likeness (QED) is 0.846. The van der Waals surface area contributed by atoms with E-state index in [1.54, 1.807) is 4.52 Å². The molecule has 1 aliphatic rings. The molecule has 90 valence electrons. The van der Waals surface area contributed by atoms with E-state index in [9.17, 15) is 0 Å². The van der Waals surface area contributed by atoms with Crippen molar-refractivity contribution in [2.75, 3.05) is 18.8 Å². The molecule has 2 aromatic heterocycles. The molecule has 1 aliphatic heterocycles. The molecule has 0 radical (unpaired) electrons. The van der Waals surface area contributed by atoms with Crippen LogP contribution in [0.3, 0.4) is 0 Å². The molecule has 0 atom stereocenters. The number of pyridine rings is 1. The Hall–Kier alpha value is -1.62. The number of piperidine rings is 1. The maximum Gasteiger partial charge on any atom is 0.165 e. The van der Waals surface area contributed by atoms with Gasteiger partial charge in [0.1, 0.15) is 5.82 Å². The Morgan fingerprint density at radius 3 is 2.76 bits per heavy atom. The zero-order chi connectivity index (χ0) is 11.7. The third-order valence-corrected chi connectivity index (χ3v) is 3.25. The van der Waals surface area contributed by atoms with E-state index in [1.165, 1.54) is 19.3 Å². The zero-order valence-electron chi connectivity index (χ0n) is 9.84. The van der Waals surface area contributed by atoms with Crippen LogP contribution in [0.1, 0.15) is 25.1 Å². The van der Waals surface area contributed by atoms with E-state index in [1.807, 2.05) is 18.2 Å². The van der Waals surface area contributed by atoms with Gasteiger partial charge in [0.2, 0.25) is 0 Å². The van der Waals surface area contributed by atoms with Gasteiger partial charge in [-0.05, 0) is 38.1 Å². The summed E-state index contributed by atoms with van der Waals surface area (Å²) < 4.78 is 1.71. The van der Waals surface area contributed by atoms with Crippen molar-refractivity contribution in [3.63, 3.8) is 0 Å². The fraction of sp³-hybridized carbons (Fsp3) is 0.500. The van der Waals surface area contributed by atoms with E-state index in [-0.39, 0.29) is 0 Å². The second-order valence-electron chi connectivity index (χ2n) is 4.59. The van der Waals surface area contributed by atoms with Crippen molar-refractivity contribution >= 4 is 11.5 Å². The average Bonchev–Trinajstić information content (AvgIpc) is 2.74. The number of hydrogen-bond donors (Lipinski definition) is 1. The number of aromatic nitrogens is 3. The summed E-state index contributed by atoms with van der Waals surface area (Å²) in [6, 6.07) is 5.68. The van der Waals surface area contributed by atoms with Crippen LogP contribution in [0.2, 0.25) is 0 Å². The van der Waals surface area contributed by atoms with Gasteiger partial charge in [0.25, 0.3) is 0 Å². The van der Waals surface area contributed by atoms with Crippen molar-refractivity contribution in [2.45, 2.75) is 25.8 Å². The SMILES string of the molecule is Nc1cccc2nc(CN3CCCCC3)nn12. The topological polar surface area (TPSA) is 59.5 Å². The molecule has 5 nitrogen and oxygen atoms in total. The first-order chi connectivity index (χ1) is 8.33. The van der Waals surface area contributed by atoms with Crippen molar-refractivity contribution in [1.29, 1.82) is 0 Å². The second kappa shape index (κ2) is 4.33. The van der Waals surface area contributed by atoms with Gasteiger partial charge in [0.15, 0.2) is 11.5 Å². The lowest BCUT2D eigenvalue weighted by atomic mass is 10.1. The van der Waals surface area contributed by atoms with Crippen molar-refractivity contribution in [3.05, 3.63) is 24.0 Å². The number of hydrogen-bond acceptors (Lipinski definition) is 4. The van der Waals surface area contributed by atoms with Gasteiger partial charge >= 0.3 is 0 Å². The molecule has 0 bridgehead atoms. The molecular weight excluding hydrogens is 214 g/mol. The normalized spacial score (nSPS) is 17.6. The van der Waals surface area contributed by atoms with Crippen LogP contribution in [0.15, 0.2) is 18.2 Å². The van der Waals surface area contributed by atoms with Crippen molar-refractivity contribution in [2.24, 2.45) is 0 Å². The highest BCUT2D eigenvalue weighted by atomic mass is 15.3. The minimum Gasteiger partial charge on any atom is -0.384 e. The van der Waals surface area contributed by atoms with E-state index in [2.05, 4.69) is 15.0 Å². The van der Waals surface area contributed by atoms with Gasteiger partial charge in [-0.15, -0.1) is 5.10 Å². The monoisotopic (exact) mass is 231 g/mol. The molecule has 2 N–H and O–H groups in total. The van der Waals surface area contributed by atoms with Crippen molar-refractivity contribution < 1.29 is 0 Å². The fourth-order valence-corrected chi connectivity index (χ4v) is 2.35. The second-order valence-corrected chi connectivity index (χ2v) is 4.59. The van der Waals surface area contributed by atoms with Crippen LogP contribution in [0.5, 0.6) is 0 Å². The molecular formula is C12H17N5. The van der Waals surface area contributed by atoms with E-state index in [4.69, 9.17) is 5.73 Å². The predicted molar refractivity (Wildman–Crippen MR) is 66.5 cm³/mol. The number of fused-ring (bicyclic) bond motifs is 1. The summed E-state index contributed by atoms with van der Waals surface area (Å²) in [6.07, 6.45) is 3.92. The van der Waals surface area contributed by atoms with Gasteiger partial charge in [-0.25, -0.2) is 4.98 Å². The van der Waals surface area contributed by atoms with Gasteiger partial charge < -0.3 is 5.73 Å². The summed E-state index contributed by atoms with van der Waals surface area (Å²) in [5, 5.41) is 4.45. The Kier molecular flexibility index (Phi) is 2.68. The van der Waals surface area contributed by atoms with E-state index in [0.29, 0.717) is 5.82 Å². The van der Waals surface area contributed by atoms with Crippen LogP contribution in [-0.4, -0.2) is 32.6 Å². The van der Waals surface area contributed by atoms with E-state index >= 15 is 0 Å². The smallest absolute Gasteiger partial charge is 0.165 e. The van der Waals surface area contributed by atoms with Gasteiger partial charge in [-0.3, -0.25) is 4.90 Å². The molecule has 0 unspecified atom stereocenters. The lowest BCUT2D eigenvalue weighted by molar-refractivity contribution is 0.216. The largest absolute Gasteiger partial charge is 0.384 e. The summed E-state index contributed by atoms with van der Waals surface area (Å²) >= 11 is 0. The first-order valence-corrected chi connectivity index (χ1v) is 6.15. The van der Waals surface area contributed by atoms with Crippen molar-refractivity contribution in [3.8, 4) is 0 Å². The Balaban J connectivity index is 1.83. The van der Waals surface area contributed by atoms with Crippen molar-refractivity contribution in [1.82, 2.24) is 19.5 Å². The Morgan fingerprint density at radius 2 is 2.00 bits per heavy atom. The highest BCUT2D eigenvalue weighted by Crippen LogP contribution is 2.13. The van der Waals surface area contributed by atoms with Gasteiger partial charge in [-0.1, -0.05) is 12.5 Å². The molecule has 0 saturated carbocycles. The number of nitrogens with zero attached hydrogens (tertiary/aromatic N) is 4. The van der Waals surface area contributed by atoms with Gasteiger partial charge in [0.05, 0.1) is 6.54 Å². The van der Waals surface area contributed by atoms with Crippen LogP contribution < -0.4 is 5.73 Å². The van der Waals surface area contributed by atoms with Crippen LogP contribution in [0.4, 0.5) is 5.82 Å². The Morgan fingerprint density at radius 1 is 1.18 bits per heavy atom. The van der Waals surface area contributed by atoms with E-state index < -0.39 is 0 Å². The number of likely N-dealkylation sites (tertiary alicyclic amines) is 1. The lowest BCUT2D eigenvalue weighted by Gasteiger charge is -2.24. The average molecular weight is 231 g/mol. The molecule has 0 aliphatic carbocycles. The number of rotatable bonds is 2. The summed E-state index contributed by atoms with van der Waals surface area (Å²) in [5.41, 5.74) is 6.68. The predicted octanol–water partition coefficient (Wildman–Crippen LogP) is 1.30. The fourth-order valence-electron chi connectivity index (χ4n) is 2.35. The minimum atomic E-state index is 0.639. The molecule has 0 amide bonds. The first-order valence-electron chi connectivity index (χ1n) is 6.15. The Labute approximate surface area is 100 Å². The lowest BCUT2D eigenvalue weighted by Crippen LogP contribution is -2.29. The third kappa shape index (κ3) is 2.10. The Bertz CT molecular complexity index is 513. The minimum absolute atomic E-state index is 0.639. The van der Waals surface area contributed by atoms with Crippen LogP contribution in [0.25, 0.3) is 5.65 Å². The molecule has 0 spiro atoms. The molecule has 1 fully saturated rings. The first kappa shape index (κ1) is 10.5. The zero-order valence-corrected chi connectivity index (χ0v) is 9.84. The molecule has 5 heteroatoms. The third-order valence-electron chi connectivity index (χ3n) is 3.25. The van der Waals surface area contributed by atoms with Crippen LogP contribution in [-0.2, 0) is 6.54 Å². The summed E-state index contributed by atoms with van der Waals surface area (Å²) in [6.45, 7) is 3.15. The summed E-state index contributed by atoms with van der Waals surface area (Å²) in [4.78, 5) is 6.91. The molecule has 1 saturated heterocycles. The summed E-state index contributed by atoms with van der Waals surface area (Å²) in [7, 11) is 0. The maximum atomic E-state index is 5.85. The highest BCUT2D eigenvalue weighted by molar-refractivity contribution is 5.45. The highest BCUT2D eigenvalue weighted by Gasteiger charge is 2.13. The van der Waals surface area contributed by atoms with E-state index in [0.717, 1.165) is 31.1 Å². The number of nitrogens with two attached hydrogens (primary N) is 1.